The third-order valence-electron chi connectivity index (χ3n) is 3.86. The lowest BCUT2D eigenvalue weighted by atomic mass is 10.1. The predicted octanol–water partition coefficient (Wildman–Crippen LogP) is 3.85. The van der Waals surface area contributed by atoms with Gasteiger partial charge in [0.2, 0.25) is 0 Å². The second-order valence-corrected chi connectivity index (χ2v) is 5.52. The number of nitrogens with zero attached hydrogens (tertiary/aromatic N) is 1. The number of rotatable bonds is 3. The molecule has 2 heteroatoms. The molecule has 0 amide bonds. The van der Waals surface area contributed by atoms with Crippen LogP contribution in [0.25, 0.3) is 11.3 Å². The summed E-state index contributed by atoms with van der Waals surface area (Å²) in [4.78, 5) is 12.7. The van der Waals surface area contributed by atoms with E-state index < -0.39 is 0 Å². The van der Waals surface area contributed by atoms with Crippen LogP contribution in [0.5, 0.6) is 0 Å². The van der Waals surface area contributed by atoms with Crippen LogP contribution in [0.1, 0.15) is 16.7 Å². The van der Waals surface area contributed by atoms with Gasteiger partial charge in [0.1, 0.15) is 0 Å². The molecule has 0 fully saturated rings. The number of aromatic nitrogens is 1. The summed E-state index contributed by atoms with van der Waals surface area (Å²) in [6.07, 6.45) is 5.46. The standard InChI is InChI=1S/C21H17NO/c1-3-18-13-14-20(19-7-5-4-6-8-19)22(21(18)23)15-17-11-9-16(2)10-12-17/h1,4-14H,15H2,2H3. The first-order valence-electron chi connectivity index (χ1n) is 7.50. The Hall–Kier alpha value is -3.05. The zero-order valence-corrected chi connectivity index (χ0v) is 13.0. The number of pyridine rings is 1. The highest BCUT2D eigenvalue weighted by atomic mass is 16.1. The number of aryl methyl sites for hydroxylation is 1. The summed E-state index contributed by atoms with van der Waals surface area (Å²) < 4.78 is 1.75. The van der Waals surface area contributed by atoms with Gasteiger partial charge in [-0.15, -0.1) is 6.42 Å². The second-order valence-electron chi connectivity index (χ2n) is 5.52. The molecule has 3 rings (SSSR count). The Morgan fingerprint density at radius 3 is 2.30 bits per heavy atom. The van der Waals surface area contributed by atoms with E-state index in [-0.39, 0.29) is 5.56 Å². The lowest BCUT2D eigenvalue weighted by Gasteiger charge is -2.14. The summed E-state index contributed by atoms with van der Waals surface area (Å²) in [5, 5.41) is 0. The van der Waals surface area contributed by atoms with E-state index in [1.165, 1.54) is 5.56 Å². The van der Waals surface area contributed by atoms with E-state index in [1.807, 2.05) is 67.6 Å². The Kier molecular flexibility index (Phi) is 4.12. The van der Waals surface area contributed by atoms with Crippen molar-refractivity contribution in [3.63, 3.8) is 0 Å². The molecule has 0 aliphatic carbocycles. The molecule has 0 unspecified atom stereocenters. The van der Waals surface area contributed by atoms with E-state index in [9.17, 15) is 4.79 Å². The quantitative estimate of drug-likeness (QED) is 0.673. The summed E-state index contributed by atoms with van der Waals surface area (Å²) in [7, 11) is 0. The lowest BCUT2D eigenvalue weighted by Crippen LogP contribution is -2.24. The van der Waals surface area contributed by atoms with Crippen molar-refractivity contribution in [1.29, 1.82) is 0 Å². The maximum atomic E-state index is 12.7. The Labute approximate surface area is 136 Å². The second kappa shape index (κ2) is 6.37. The molecular formula is C21H17NO. The Bertz CT molecular complexity index is 913. The van der Waals surface area contributed by atoms with Crippen molar-refractivity contribution in [2.75, 3.05) is 0 Å². The molecule has 0 radical (unpaired) electrons. The first kappa shape index (κ1) is 14.9. The normalized spacial score (nSPS) is 10.3. The first-order valence-corrected chi connectivity index (χ1v) is 7.50. The highest BCUT2D eigenvalue weighted by Crippen LogP contribution is 2.19. The molecule has 0 saturated carbocycles. The largest absolute Gasteiger partial charge is 0.303 e. The van der Waals surface area contributed by atoms with Crippen LogP contribution in [0.15, 0.2) is 71.5 Å². The lowest BCUT2D eigenvalue weighted by molar-refractivity contribution is 0.766. The van der Waals surface area contributed by atoms with Gasteiger partial charge in [-0.25, -0.2) is 0 Å². The zero-order valence-electron chi connectivity index (χ0n) is 13.0. The monoisotopic (exact) mass is 299 g/mol. The van der Waals surface area contributed by atoms with Crippen LogP contribution < -0.4 is 5.56 Å². The van der Waals surface area contributed by atoms with Crippen molar-refractivity contribution in [2.45, 2.75) is 13.5 Å². The highest BCUT2D eigenvalue weighted by Gasteiger charge is 2.10. The molecule has 0 bridgehead atoms. The van der Waals surface area contributed by atoms with Crippen LogP contribution in [-0.2, 0) is 6.54 Å². The van der Waals surface area contributed by atoms with E-state index in [0.717, 1.165) is 16.8 Å². The van der Waals surface area contributed by atoms with E-state index in [1.54, 1.807) is 10.6 Å². The molecule has 0 N–H and O–H groups in total. The topological polar surface area (TPSA) is 22.0 Å². The fourth-order valence-electron chi connectivity index (χ4n) is 2.58. The average molecular weight is 299 g/mol. The van der Waals surface area contributed by atoms with Gasteiger partial charge in [0.25, 0.3) is 5.56 Å². The minimum Gasteiger partial charge on any atom is -0.303 e. The molecule has 0 spiro atoms. The third kappa shape index (κ3) is 3.09. The maximum Gasteiger partial charge on any atom is 0.267 e. The molecule has 2 aromatic carbocycles. The molecule has 0 saturated heterocycles. The van der Waals surface area contributed by atoms with Crippen molar-refractivity contribution in [3.8, 4) is 23.6 Å². The minimum atomic E-state index is -0.130. The van der Waals surface area contributed by atoms with Gasteiger partial charge in [-0.1, -0.05) is 66.1 Å². The van der Waals surface area contributed by atoms with Crippen molar-refractivity contribution in [1.82, 2.24) is 4.57 Å². The molecular weight excluding hydrogens is 282 g/mol. The Balaban J connectivity index is 2.14. The summed E-state index contributed by atoms with van der Waals surface area (Å²) in [6, 6.07) is 21.7. The molecule has 2 nitrogen and oxygen atoms in total. The van der Waals surface area contributed by atoms with Gasteiger partial charge in [-0.3, -0.25) is 4.79 Å². The van der Waals surface area contributed by atoms with Crippen LogP contribution in [-0.4, -0.2) is 4.57 Å². The van der Waals surface area contributed by atoms with Crippen molar-refractivity contribution >= 4 is 0 Å². The van der Waals surface area contributed by atoms with E-state index in [4.69, 9.17) is 6.42 Å². The number of benzene rings is 2. The van der Waals surface area contributed by atoms with Crippen LogP contribution in [0.4, 0.5) is 0 Å². The molecule has 112 valence electrons. The van der Waals surface area contributed by atoms with Crippen molar-refractivity contribution in [2.24, 2.45) is 0 Å². The predicted molar refractivity (Wildman–Crippen MR) is 94.4 cm³/mol. The van der Waals surface area contributed by atoms with Crippen LogP contribution in [0.2, 0.25) is 0 Å². The Morgan fingerprint density at radius 1 is 0.957 bits per heavy atom. The fraction of sp³-hybridized carbons (Fsp3) is 0.0952. The smallest absolute Gasteiger partial charge is 0.267 e. The summed E-state index contributed by atoms with van der Waals surface area (Å²) in [5.74, 6) is 2.48. The molecule has 1 aromatic heterocycles. The van der Waals surface area contributed by atoms with Gasteiger partial charge in [-0.2, -0.15) is 0 Å². The number of hydrogen-bond donors (Lipinski definition) is 0. The van der Waals surface area contributed by atoms with E-state index in [0.29, 0.717) is 12.1 Å². The zero-order chi connectivity index (χ0) is 16.2. The van der Waals surface area contributed by atoms with Crippen molar-refractivity contribution < 1.29 is 0 Å². The molecule has 0 atom stereocenters. The van der Waals surface area contributed by atoms with Crippen molar-refractivity contribution in [3.05, 3.63) is 93.8 Å². The van der Waals surface area contributed by atoms with Gasteiger partial charge in [-0.05, 0) is 30.2 Å². The third-order valence-corrected chi connectivity index (χ3v) is 3.86. The molecule has 1 heterocycles. The average Bonchev–Trinajstić information content (AvgIpc) is 2.59. The van der Waals surface area contributed by atoms with Crippen LogP contribution in [0.3, 0.4) is 0 Å². The Morgan fingerprint density at radius 2 is 1.65 bits per heavy atom. The fourth-order valence-corrected chi connectivity index (χ4v) is 2.58. The van der Waals surface area contributed by atoms with Gasteiger partial charge in [0, 0.05) is 0 Å². The van der Waals surface area contributed by atoms with Gasteiger partial charge >= 0.3 is 0 Å². The summed E-state index contributed by atoms with van der Waals surface area (Å²) in [5.41, 5.74) is 4.40. The van der Waals surface area contributed by atoms with Crippen LogP contribution >= 0.6 is 0 Å². The molecule has 0 aliphatic heterocycles. The SMILES string of the molecule is C#Cc1ccc(-c2ccccc2)n(Cc2ccc(C)cc2)c1=O. The van der Waals surface area contributed by atoms with Gasteiger partial charge in [0.05, 0.1) is 17.8 Å². The molecule has 0 aliphatic rings. The minimum absolute atomic E-state index is 0.130. The van der Waals surface area contributed by atoms with E-state index >= 15 is 0 Å². The highest BCUT2D eigenvalue weighted by molar-refractivity contribution is 5.60. The van der Waals surface area contributed by atoms with Gasteiger partial charge < -0.3 is 4.57 Å². The summed E-state index contributed by atoms with van der Waals surface area (Å²) >= 11 is 0. The number of hydrogen-bond acceptors (Lipinski definition) is 1. The molecule has 3 aromatic rings. The van der Waals surface area contributed by atoms with Gasteiger partial charge in [0.15, 0.2) is 0 Å². The maximum absolute atomic E-state index is 12.7. The number of terminal acetylenes is 1. The van der Waals surface area contributed by atoms with Crippen LogP contribution in [0, 0.1) is 19.3 Å². The molecule has 23 heavy (non-hydrogen) atoms. The van der Waals surface area contributed by atoms with E-state index in [2.05, 4.69) is 5.92 Å². The first-order chi connectivity index (χ1) is 11.2. The summed E-state index contributed by atoms with van der Waals surface area (Å²) in [6.45, 7) is 2.54.